The molecule has 8 heteroatoms. The van der Waals surface area contributed by atoms with Gasteiger partial charge < -0.3 is 10.6 Å². The van der Waals surface area contributed by atoms with Gasteiger partial charge in [-0.25, -0.2) is 9.97 Å². The summed E-state index contributed by atoms with van der Waals surface area (Å²) in [5.74, 6) is 0.664. The van der Waals surface area contributed by atoms with Gasteiger partial charge in [0.15, 0.2) is 0 Å². The van der Waals surface area contributed by atoms with Gasteiger partial charge in [-0.3, -0.25) is 4.90 Å². The van der Waals surface area contributed by atoms with Crippen molar-refractivity contribution in [2.45, 2.75) is 25.4 Å². The molecule has 0 atom stereocenters. The number of piperazine rings is 1. The Morgan fingerprint density at radius 3 is 2.32 bits per heavy atom. The lowest BCUT2D eigenvalue weighted by Gasteiger charge is -2.34. The Kier molecular flexibility index (Phi) is 6.85. The van der Waals surface area contributed by atoms with Gasteiger partial charge >= 0.3 is 6.18 Å². The van der Waals surface area contributed by atoms with Crippen molar-refractivity contribution in [1.29, 1.82) is 0 Å². The van der Waals surface area contributed by atoms with Crippen LogP contribution in [0.15, 0.2) is 36.7 Å². The molecule has 0 bridgehead atoms. The first-order chi connectivity index (χ1) is 13.4. The Bertz CT molecular complexity index is 740. The van der Waals surface area contributed by atoms with Crippen LogP contribution in [0.4, 0.5) is 19.1 Å². The van der Waals surface area contributed by atoms with Crippen molar-refractivity contribution in [3.63, 3.8) is 0 Å². The Morgan fingerprint density at radius 1 is 0.964 bits per heavy atom. The summed E-state index contributed by atoms with van der Waals surface area (Å²) in [6, 6.07) is 6.44. The molecule has 0 spiro atoms. The second-order valence-corrected chi connectivity index (χ2v) is 7.09. The molecule has 0 saturated carbocycles. The first kappa shape index (κ1) is 20.5. The van der Waals surface area contributed by atoms with Crippen molar-refractivity contribution in [3.05, 3.63) is 42.2 Å². The summed E-state index contributed by atoms with van der Waals surface area (Å²) in [5, 5.41) is 0. The third-order valence-corrected chi connectivity index (χ3v) is 4.89. The van der Waals surface area contributed by atoms with E-state index in [-0.39, 0.29) is 5.56 Å². The molecule has 28 heavy (non-hydrogen) atoms. The average molecular weight is 393 g/mol. The van der Waals surface area contributed by atoms with Crippen LogP contribution in [-0.4, -0.2) is 60.3 Å². The smallest absolute Gasteiger partial charge is 0.338 e. The minimum Gasteiger partial charge on any atom is -0.338 e. The summed E-state index contributed by atoms with van der Waals surface area (Å²) < 4.78 is 37.8. The maximum atomic E-state index is 12.6. The molecular weight excluding hydrogens is 367 g/mol. The van der Waals surface area contributed by atoms with E-state index in [2.05, 4.69) is 19.8 Å². The monoisotopic (exact) mass is 393 g/mol. The van der Waals surface area contributed by atoms with Gasteiger partial charge in [-0.05, 0) is 37.1 Å². The number of anilines is 1. The largest absolute Gasteiger partial charge is 0.393 e. The minimum absolute atomic E-state index is 0.236. The Balaban J connectivity index is 1.59. The maximum absolute atomic E-state index is 12.6. The quantitative estimate of drug-likeness (QED) is 0.733. The van der Waals surface area contributed by atoms with E-state index in [1.807, 2.05) is 0 Å². The lowest BCUT2D eigenvalue weighted by molar-refractivity contribution is -0.127. The van der Waals surface area contributed by atoms with E-state index < -0.39 is 12.6 Å². The summed E-state index contributed by atoms with van der Waals surface area (Å²) in [6.45, 7) is 5.47. The highest BCUT2D eigenvalue weighted by Gasteiger charge is 2.27. The predicted octanol–water partition coefficient (Wildman–Crippen LogP) is 3.11. The van der Waals surface area contributed by atoms with Crippen LogP contribution < -0.4 is 10.6 Å². The van der Waals surface area contributed by atoms with Crippen molar-refractivity contribution < 1.29 is 13.2 Å². The lowest BCUT2D eigenvalue weighted by atomic mass is 10.0. The van der Waals surface area contributed by atoms with E-state index in [1.165, 1.54) is 6.07 Å². The molecule has 1 aliphatic rings. The summed E-state index contributed by atoms with van der Waals surface area (Å²) in [7, 11) is 0. The number of unbranched alkanes of at least 4 members (excludes halogenated alkanes) is 1. The van der Waals surface area contributed by atoms with E-state index in [0.29, 0.717) is 17.1 Å². The summed E-state index contributed by atoms with van der Waals surface area (Å²) >= 11 is 0. The van der Waals surface area contributed by atoms with Gasteiger partial charge in [0, 0.05) is 44.1 Å². The molecule has 0 aliphatic carbocycles. The topological polar surface area (TPSA) is 58.3 Å². The highest BCUT2D eigenvalue weighted by molar-refractivity contribution is 5.63. The number of halogens is 3. The van der Waals surface area contributed by atoms with Crippen LogP contribution in [0.2, 0.25) is 0 Å². The third-order valence-electron chi connectivity index (χ3n) is 4.89. The average Bonchev–Trinajstić information content (AvgIpc) is 2.68. The van der Waals surface area contributed by atoms with E-state index in [4.69, 9.17) is 5.73 Å². The fourth-order valence-electron chi connectivity index (χ4n) is 3.38. The number of hydrogen-bond donors (Lipinski definition) is 1. The molecular formula is C20H26F3N5. The van der Waals surface area contributed by atoms with Crippen LogP contribution in [0.1, 0.15) is 18.4 Å². The highest BCUT2D eigenvalue weighted by atomic mass is 19.4. The van der Waals surface area contributed by atoms with E-state index in [1.54, 1.807) is 30.6 Å². The molecule has 1 aliphatic heterocycles. The summed E-state index contributed by atoms with van der Waals surface area (Å²) in [6.07, 6.45) is 0.385. The van der Waals surface area contributed by atoms with Gasteiger partial charge in [0.2, 0.25) is 5.95 Å². The first-order valence-corrected chi connectivity index (χ1v) is 9.60. The zero-order valence-electron chi connectivity index (χ0n) is 15.8. The van der Waals surface area contributed by atoms with Crippen LogP contribution in [-0.2, 0) is 6.42 Å². The number of benzene rings is 1. The SMILES string of the molecule is NCCCCN1CCN(c2ncc(-c3cccc(CC(F)(F)F)c3)cn2)CC1. The van der Waals surface area contributed by atoms with Crippen molar-refractivity contribution in [3.8, 4) is 11.1 Å². The molecule has 152 valence electrons. The fraction of sp³-hybridized carbons (Fsp3) is 0.500. The van der Waals surface area contributed by atoms with Crippen LogP contribution in [0, 0.1) is 0 Å². The van der Waals surface area contributed by atoms with Crippen molar-refractivity contribution in [2.24, 2.45) is 5.73 Å². The van der Waals surface area contributed by atoms with Gasteiger partial charge in [0.1, 0.15) is 0 Å². The van der Waals surface area contributed by atoms with Crippen LogP contribution >= 0.6 is 0 Å². The third kappa shape index (κ3) is 5.90. The molecule has 2 aromatic rings. The molecule has 3 rings (SSSR count). The molecule has 5 nitrogen and oxygen atoms in total. The molecule has 0 radical (unpaired) electrons. The lowest BCUT2D eigenvalue weighted by Crippen LogP contribution is -2.47. The van der Waals surface area contributed by atoms with Crippen LogP contribution in [0.25, 0.3) is 11.1 Å². The zero-order valence-corrected chi connectivity index (χ0v) is 15.8. The molecule has 2 heterocycles. The van der Waals surface area contributed by atoms with Crippen molar-refractivity contribution >= 4 is 5.95 Å². The van der Waals surface area contributed by atoms with Crippen molar-refractivity contribution in [1.82, 2.24) is 14.9 Å². The maximum Gasteiger partial charge on any atom is 0.393 e. The van der Waals surface area contributed by atoms with E-state index in [0.717, 1.165) is 52.1 Å². The number of rotatable bonds is 7. The molecule has 1 fully saturated rings. The Labute approximate surface area is 163 Å². The van der Waals surface area contributed by atoms with Gasteiger partial charge in [0.25, 0.3) is 0 Å². The minimum atomic E-state index is -4.22. The van der Waals surface area contributed by atoms with Crippen molar-refractivity contribution in [2.75, 3.05) is 44.2 Å². The summed E-state index contributed by atoms with van der Waals surface area (Å²) in [5.41, 5.74) is 7.18. The molecule has 0 unspecified atom stereocenters. The highest BCUT2D eigenvalue weighted by Crippen LogP contribution is 2.25. The van der Waals surface area contributed by atoms with E-state index in [9.17, 15) is 13.2 Å². The van der Waals surface area contributed by atoms with Gasteiger partial charge in [-0.15, -0.1) is 0 Å². The van der Waals surface area contributed by atoms with Gasteiger partial charge in [-0.2, -0.15) is 13.2 Å². The summed E-state index contributed by atoms with van der Waals surface area (Å²) in [4.78, 5) is 13.4. The fourth-order valence-corrected chi connectivity index (χ4v) is 3.38. The van der Waals surface area contributed by atoms with Gasteiger partial charge in [-0.1, -0.05) is 24.3 Å². The number of nitrogens with two attached hydrogens (primary N) is 1. The molecule has 0 amide bonds. The number of aromatic nitrogens is 2. The second-order valence-electron chi connectivity index (χ2n) is 7.09. The molecule has 2 N–H and O–H groups in total. The second kappa shape index (κ2) is 9.34. The Morgan fingerprint density at radius 2 is 1.68 bits per heavy atom. The Hall–Kier alpha value is -2.19. The normalized spacial score (nSPS) is 15.8. The predicted molar refractivity (Wildman–Crippen MR) is 104 cm³/mol. The van der Waals surface area contributed by atoms with Gasteiger partial charge in [0.05, 0.1) is 6.42 Å². The first-order valence-electron chi connectivity index (χ1n) is 9.60. The number of nitrogens with zero attached hydrogens (tertiary/aromatic N) is 4. The number of hydrogen-bond acceptors (Lipinski definition) is 5. The molecule has 1 saturated heterocycles. The van der Waals surface area contributed by atoms with Crippen LogP contribution in [0.3, 0.4) is 0 Å². The standard InChI is InChI=1S/C20H26F3N5/c21-20(22,23)13-16-4-3-5-17(12-16)18-14-25-19(26-15-18)28-10-8-27(9-11-28)7-2-1-6-24/h3-5,12,14-15H,1-2,6-11,13,24H2. The van der Waals surface area contributed by atoms with Crippen LogP contribution in [0.5, 0.6) is 0 Å². The van der Waals surface area contributed by atoms with E-state index >= 15 is 0 Å². The number of alkyl halides is 3. The zero-order chi connectivity index (χ0) is 20.0. The molecule has 1 aromatic carbocycles. The molecule has 1 aromatic heterocycles.